The van der Waals surface area contributed by atoms with Gasteiger partial charge in [0, 0.05) is 26.0 Å². The Morgan fingerprint density at radius 2 is 1.92 bits per heavy atom. The van der Waals surface area contributed by atoms with Crippen molar-refractivity contribution in [3.05, 3.63) is 71.0 Å². The van der Waals surface area contributed by atoms with Crippen molar-refractivity contribution in [2.75, 3.05) is 13.2 Å². The highest BCUT2D eigenvalue weighted by atomic mass is 19.1. The second-order valence-electron chi connectivity index (χ2n) is 10.9. The van der Waals surface area contributed by atoms with Crippen LogP contribution >= 0.6 is 0 Å². The summed E-state index contributed by atoms with van der Waals surface area (Å²) in [6.07, 6.45) is 0.928. The maximum absolute atomic E-state index is 13.9. The average Bonchev–Trinajstić information content (AvgIpc) is 3.56. The number of hydrogen-bond acceptors (Lipinski definition) is 7. The Balaban J connectivity index is 1.40. The summed E-state index contributed by atoms with van der Waals surface area (Å²) in [5, 5.41) is 12.6. The molecule has 3 fully saturated rings. The maximum atomic E-state index is 13.9. The molecular formula is C30H35FN2O6. The van der Waals surface area contributed by atoms with Gasteiger partial charge >= 0.3 is 0 Å². The molecule has 3 aliphatic rings. The Morgan fingerprint density at radius 1 is 1.13 bits per heavy atom. The van der Waals surface area contributed by atoms with Crippen LogP contribution in [0.3, 0.4) is 0 Å². The first kappa shape index (κ1) is 27.7. The lowest BCUT2D eigenvalue weighted by molar-refractivity contribution is -0.183. The zero-order chi connectivity index (χ0) is 27.5. The van der Waals surface area contributed by atoms with Gasteiger partial charge in [0.25, 0.3) is 5.91 Å². The molecule has 1 saturated carbocycles. The molecule has 5 rings (SSSR count). The molecule has 2 unspecified atom stereocenters. The molecule has 0 radical (unpaired) electrons. The van der Waals surface area contributed by atoms with Gasteiger partial charge in [-0.2, -0.15) is 5.26 Å². The predicted molar refractivity (Wildman–Crippen MR) is 139 cm³/mol. The van der Waals surface area contributed by atoms with E-state index in [1.165, 1.54) is 12.1 Å². The molecule has 5 atom stereocenters. The quantitative estimate of drug-likeness (QED) is 0.512. The summed E-state index contributed by atoms with van der Waals surface area (Å²) >= 11 is 0. The number of rotatable bonds is 9. The summed E-state index contributed by atoms with van der Waals surface area (Å²) in [5.74, 6) is -1.45. The van der Waals surface area contributed by atoms with Crippen LogP contribution in [0.4, 0.5) is 4.39 Å². The van der Waals surface area contributed by atoms with Crippen molar-refractivity contribution in [2.24, 2.45) is 0 Å². The van der Waals surface area contributed by atoms with Crippen molar-refractivity contribution in [1.82, 2.24) is 5.32 Å². The van der Waals surface area contributed by atoms with E-state index in [2.05, 4.69) is 11.4 Å². The molecular weight excluding hydrogens is 503 g/mol. The van der Waals surface area contributed by atoms with Gasteiger partial charge in [0.15, 0.2) is 11.4 Å². The number of hydrogen-bond donors (Lipinski definition) is 1. The molecule has 2 aromatic rings. The van der Waals surface area contributed by atoms with Crippen LogP contribution in [0.2, 0.25) is 0 Å². The molecule has 0 aromatic heterocycles. The fourth-order valence-corrected chi connectivity index (χ4v) is 5.64. The van der Waals surface area contributed by atoms with Crippen LogP contribution in [0.1, 0.15) is 56.2 Å². The fraction of sp³-hybridized carbons (Fsp3) is 0.533. The van der Waals surface area contributed by atoms with Gasteiger partial charge in [-0.1, -0.05) is 30.3 Å². The predicted octanol–water partition coefficient (Wildman–Crippen LogP) is 4.15. The van der Waals surface area contributed by atoms with Gasteiger partial charge in [0.05, 0.1) is 43.2 Å². The monoisotopic (exact) mass is 538 g/mol. The van der Waals surface area contributed by atoms with Crippen LogP contribution < -0.4 is 5.32 Å². The van der Waals surface area contributed by atoms with Gasteiger partial charge in [-0.25, -0.2) is 4.39 Å². The highest BCUT2D eigenvalue weighted by Gasteiger charge is 2.58. The number of nitrogens with one attached hydrogen (secondary N) is 1. The zero-order valence-corrected chi connectivity index (χ0v) is 22.4. The number of fused-ring (bicyclic) bond motifs is 1. The number of halogens is 1. The fourth-order valence-electron chi connectivity index (χ4n) is 5.64. The Kier molecular flexibility index (Phi) is 8.31. The van der Waals surface area contributed by atoms with E-state index in [1.807, 2.05) is 26.0 Å². The second-order valence-corrected chi connectivity index (χ2v) is 10.9. The van der Waals surface area contributed by atoms with Gasteiger partial charge in [-0.15, -0.1) is 0 Å². The van der Waals surface area contributed by atoms with Gasteiger partial charge in [0.2, 0.25) is 0 Å². The van der Waals surface area contributed by atoms with Crippen LogP contribution in [-0.2, 0) is 41.7 Å². The summed E-state index contributed by atoms with van der Waals surface area (Å²) in [5.41, 5.74) is 0.696. The standard InChI is InChI=1S/C30H35FN2O6/c1-29(2)38-26-15-30(28(34)33-17-24-8-5-13-35-24,37-19-22-7-4-3-6-21(22)16-32)14-25(27(26)39-29)36-18-20-9-11-23(31)12-10-20/h3-4,6-7,9-12,24-27H,5,8,13-15,17-19H2,1-2H3,(H,33,34)/t24?,25?,26-,27+,30-/m1/s1. The van der Waals surface area contributed by atoms with E-state index in [4.69, 9.17) is 23.7 Å². The van der Waals surface area contributed by atoms with E-state index >= 15 is 0 Å². The molecule has 8 nitrogen and oxygen atoms in total. The van der Waals surface area contributed by atoms with Gasteiger partial charge in [0.1, 0.15) is 11.9 Å². The minimum atomic E-state index is -1.29. The molecule has 2 aromatic carbocycles. The van der Waals surface area contributed by atoms with E-state index in [0.717, 1.165) is 18.4 Å². The SMILES string of the molecule is CC1(C)O[C@@H]2C[C@@](OCc3ccccc3C#N)(C(=O)NCC3CCCO3)CC(OCc3ccc(F)cc3)[C@@H]2O1. The number of nitriles is 1. The molecule has 0 spiro atoms. The second kappa shape index (κ2) is 11.7. The molecule has 2 aliphatic heterocycles. The molecule has 0 bridgehead atoms. The topological polar surface area (TPSA) is 99.0 Å². The highest BCUT2D eigenvalue weighted by molar-refractivity contribution is 5.85. The number of benzene rings is 2. The minimum Gasteiger partial charge on any atom is -0.376 e. The van der Waals surface area contributed by atoms with Crippen molar-refractivity contribution in [3.8, 4) is 6.07 Å². The minimum absolute atomic E-state index is 0.0304. The van der Waals surface area contributed by atoms with E-state index in [-0.39, 0.29) is 43.9 Å². The lowest BCUT2D eigenvalue weighted by Crippen LogP contribution is -2.60. The number of nitrogens with zero attached hydrogens (tertiary/aromatic N) is 1. The normalized spacial score (nSPS) is 29.5. The smallest absolute Gasteiger partial charge is 0.252 e. The number of carbonyl (C=O) groups is 1. The van der Waals surface area contributed by atoms with Crippen molar-refractivity contribution in [3.63, 3.8) is 0 Å². The highest BCUT2D eigenvalue weighted by Crippen LogP contribution is 2.44. The average molecular weight is 539 g/mol. The number of carbonyl (C=O) groups excluding carboxylic acids is 1. The zero-order valence-electron chi connectivity index (χ0n) is 22.4. The van der Waals surface area contributed by atoms with Gasteiger partial charge < -0.3 is 29.0 Å². The third kappa shape index (κ3) is 6.48. The van der Waals surface area contributed by atoms with E-state index in [1.54, 1.807) is 24.3 Å². The van der Waals surface area contributed by atoms with Crippen LogP contribution in [0.5, 0.6) is 0 Å². The molecule has 208 valence electrons. The Bertz CT molecular complexity index is 1190. The Labute approximate surface area is 228 Å². The molecule has 1 aliphatic carbocycles. The third-order valence-electron chi connectivity index (χ3n) is 7.60. The van der Waals surface area contributed by atoms with Crippen LogP contribution in [-0.4, -0.2) is 54.9 Å². The maximum Gasteiger partial charge on any atom is 0.252 e. The van der Waals surface area contributed by atoms with Gasteiger partial charge in [-0.05, 0) is 56.0 Å². The first-order valence-electron chi connectivity index (χ1n) is 13.5. The molecule has 1 amide bonds. The summed E-state index contributed by atoms with van der Waals surface area (Å²) in [6.45, 7) is 5.04. The van der Waals surface area contributed by atoms with Crippen LogP contribution in [0.15, 0.2) is 48.5 Å². The van der Waals surface area contributed by atoms with Crippen molar-refractivity contribution in [2.45, 2.75) is 88.5 Å². The van der Waals surface area contributed by atoms with Crippen molar-refractivity contribution < 1.29 is 32.9 Å². The van der Waals surface area contributed by atoms with E-state index in [0.29, 0.717) is 24.3 Å². The third-order valence-corrected chi connectivity index (χ3v) is 7.60. The van der Waals surface area contributed by atoms with E-state index in [9.17, 15) is 14.4 Å². The molecule has 9 heteroatoms. The Hall–Kier alpha value is -2.87. The summed E-state index contributed by atoms with van der Waals surface area (Å²) in [4.78, 5) is 13.9. The Morgan fingerprint density at radius 3 is 2.67 bits per heavy atom. The van der Waals surface area contributed by atoms with Crippen molar-refractivity contribution in [1.29, 1.82) is 5.26 Å². The number of ether oxygens (including phenoxy) is 5. The summed E-state index contributed by atoms with van der Waals surface area (Å²) in [7, 11) is 0. The van der Waals surface area contributed by atoms with E-state index < -0.39 is 29.7 Å². The molecule has 39 heavy (non-hydrogen) atoms. The van der Waals surface area contributed by atoms with Crippen LogP contribution in [0, 0.1) is 17.1 Å². The summed E-state index contributed by atoms with van der Waals surface area (Å²) in [6, 6.07) is 15.5. The molecule has 2 saturated heterocycles. The lowest BCUT2D eigenvalue weighted by Gasteiger charge is -2.43. The summed E-state index contributed by atoms with van der Waals surface area (Å²) < 4.78 is 44.4. The van der Waals surface area contributed by atoms with Crippen LogP contribution in [0.25, 0.3) is 0 Å². The lowest BCUT2D eigenvalue weighted by atomic mass is 9.78. The largest absolute Gasteiger partial charge is 0.376 e. The van der Waals surface area contributed by atoms with Crippen molar-refractivity contribution >= 4 is 5.91 Å². The van der Waals surface area contributed by atoms with Gasteiger partial charge in [-0.3, -0.25) is 4.79 Å². The molecule has 2 heterocycles. The molecule has 1 N–H and O–H groups in total. The first-order chi connectivity index (χ1) is 18.8. The number of amides is 1. The first-order valence-corrected chi connectivity index (χ1v) is 13.5.